The Hall–Kier alpha value is -2.99. The van der Waals surface area contributed by atoms with Crippen molar-refractivity contribution in [2.45, 2.75) is 12.6 Å². The number of nitrogens with zero attached hydrogens (tertiary/aromatic N) is 3. The Morgan fingerprint density at radius 1 is 1.15 bits per heavy atom. The SMILES string of the molecule is Nc1cnncc1Nc1cc(C2=CC(Cl)=CCC2F)nc2ccccc12. The van der Waals surface area contributed by atoms with Crippen molar-refractivity contribution in [1.29, 1.82) is 0 Å². The highest BCUT2D eigenvalue weighted by atomic mass is 35.5. The van der Waals surface area contributed by atoms with Crippen LogP contribution in [0.5, 0.6) is 0 Å². The zero-order valence-electron chi connectivity index (χ0n) is 13.7. The highest BCUT2D eigenvalue weighted by molar-refractivity contribution is 6.31. The van der Waals surface area contributed by atoms with E-state index >= 15 is 0 Å². The quantitative estimate of drug-likeness (QED) is 0.707. The molecule has 26 heavy (non-hydrogen) atoms. The minimum atomic E-state index is -1.15. The van der Waals surface area contributed by atoms with Crippen LogP contribution >= 0.6 is 11.6 Å². The lowest BCUT2D eigenvalue weighted by molar-refractivity contribution is 0.413. The summed E-state index contributed by atoms with van der Waals surface area (Å²) in [4.78, 5) is 4.62. The number of halogens is 2. The van der Waals surface area contributed by atoms with Crippen LogP contribution in [0.1, 0.15) is 12.1 Å². The Bertz CT molecular complexity index is 1050. The lowest BCUT2D eigenvalue weighted by Crippen LogP contribution is -2.08. The monoisotopic (exact) mass is 367 g/mol. The van der Waals surface area contributed by atoms with E-state index < -0.39 is 6.17 Å². The first-order valence-corrected chi connectivity index (χ1v) is 8.44. The smallest absolute Gasteiger partial charge is 0.131 e. The van der Waals surface area contributed by atoms with Crippen LogP contribution in [0.15, 0.2) is 59.9 Å². The highest BCUT2D eigenvalue weighted by Gasteiger charge is 2.21. The molecule has 2 heterocycles. The maximum atomic E-state index is 14.5. The number of nitrogens with two attached hydrogens (primary N) is 1. The van der Waals surface area contributed by atoms with E-state index in [1.54, 1.807) is 24.4 Å². The number of fused-ring (bicyclic) bond motifs is 1. The Morgan fingerprint density at radius 2 is 1.96 bits per heavy atom. The van der Waals surface area contributed by atoms with Gasteiger partial charge in [0.2, 0.25) is 0 Å². The Kier molecular flexibility index (Phi) is 4.26. The first kappa shape index (κ1) is 16.5. The Morgan fingerprint density at radius 3 is 2.81 bits per heavy atom. The van der Waals surface area contributed by atoms with E-state index in [0.29, 0.717) is 27.7 Å². The van der Waals surface area contributed by atoms with Gasteiger partial charge in [-0.2, -0.15) is 10.2 Å². The van der Waals surface area contributed by atoms with Crippen molar-refractivity contribution in [3.63, 3.8) is 0 Å². The number of para-hydroxylation sites is 1. The van der Waals surface area contributed by atoms with Crippen LogP contribution in [0.4, 0.5) is 21.5 Å². The van der Waals surface area contributed by atoms with E-state index in [0.717, 1.165) is 16.6 Å². The Labute approximate surface area is 154 Å². The van der Waals surface area contributed by atoms with E-state index in [9.17, 15) is 4.39 Å². The van der Waals surface area contributed by atoms with Gasteiger partial charge in [-0.3, -0.25) is 0 Å². The average Bonchev–Trinajstić information content (AvgIpc) is 2.65. The summed E-state index contributed by atoms with van der Waals surface area (Å²) in [6.45, 7) is 0. The second-order valence-corrected chi connectivity index (χ2v) is 6.38. The lowest BCUT2D eigenvalue weighted by Gasteiger charge is -2.18. The number of pyridine rings is 1. The van der Waals surface area contributed by atoms with E-state index in [-0.39, 0.29) is 6.42 Å². The normalized spacial score (nSPS) is 16.9. The number of allylic oxidation sites excluding steroid dienone is 4. The molecule has 0 aliphatic heterocycles. The summed E-state index contributed by atoms with van der Waals surface area (Å²) in [6.07, 6.45) is 5.40. The van der Waals surface area contributed by atoms with Gasteiger partial charge in [0.15, 0.2) is 0 Å². The van der Waals surface area contributed by atoms with Crippen LogP contribution in [-0.4, -0.2) is 21.4 Å². The maximum absolute atomic E-state index is 14.5. The van der Waals surface area contributed by atoms with Crippen molar-refractivity contribution in [3.8, 4) is 0 Å². The second kappa shape index (κ2) is 6.72. The molecule has 0 radical (unpaired) electrons. The lowest BCUT2D eigenvalue weighted by atomic mass is 9.98. The minimum absolute atomic E-state index is 0.239. The number of aromatic nitrogens is 3. The molecule has 1 atom stereocenters. The molecule has 0 saturated heterocycles. The third-order valence-electron chi connectivity index (χ3n) is 4.19. The number of hydrogen-bond acceptors (Lipinski definition) is 5. The summed E-state index contributed by atoms with van der Waals surface area (Å²) in [7, 11) is 0. The van der Waals surface area contributed by atoms with Gasteiger partial charge < -0.3 is 11.1 Å². The van der Waals surface area contributed by atoms with E-state index in [1.165, 1.54) is 6.20 Å². The molecule has 3 N–H and O–H groups in total. The van der Waals surface area contributed by atoms with Crippen LogP contribution in [0.25, 0.3) is 16.5 Å². The summed E-state index contributed by atoms with van der Waals surface area (Å²) >= 11 is 6.08. The van der Waals surface area contributed by atoms with Gasteiger partial charge >= 0.3 is 0 Å². The largest absolute Gasteiger partial charge is 0.396 e. The predicted octanol–water partition coefficient (Wildman–Crippen LogP) is 4.60. The first-order valence-electron chi connectivity index (χ1n) is 8.06. The molecule has 3 aromatic rings. The number of anilines is 3. The molecule has 0 bridgehead atoms. The molecule has 130 valence electrons. The van der Waals surface area contributed by atoms with Gasteiger partial charge in [0, 0.05) is 22.4 Å². The van der Waals surface area contributed by atoms with E-state index in [4.69, 9.17) is 17.3 Å². The molecule has 7 heteroatoms. The van der Waals surface area contributed by atoms with Crippen LogP contribution in [0.2, 0.25) is 0 Å². The van der Waals surface area contributed by atoms with Gasteiger partial charge in [0.25, 0.3) is 0 Å². The molecule has 0 spiro atoms. The van der Waals surface area contributed by atoms with Crippen LogP contribution < -0.4 is 11.1 Å². The molecule has 1 aliphatic carbocycles. The van der Waals surface area contributed by atoms with Crippen molar-refractivity contribution in [2.75, 3.05) is 11.1 Å². The number of alkyl halides is 1. The molecule has 1 aromatic carbocycles. The highest BCUT2D eigenvalue weighted by Crippen LogP contribution is 2.34. The second-order valence-electron chi connectivity index (χ2n) is 5.95. The van der Waals surface area contributed by atoms with Gasteiger partial charge in [-0.25, -0.2) is 9.37 Å². The zero-order chi connectivity index (χ0) is 18.1. The third kappa shape index (κ3) is 3.11. The fourth-order valence-electron chi connectivity index (χ4n) is 2.88. The molecule has 1 unspecified atom stereocenters. The molecular formula is C19H15ClFN5. The Balaban J connectivity index is 1.87. The van der Waals surface area contributed by atoms with Crippen LogP contribution in [0, 0.1) is 0 Å². The van der Waals surface area contributed by atoms with Crippen LogP contribution in [-0.2, 0) is 0 Å². The van der Waals surface area contributed by atoms with Gasteiger partial charge in [-0.15, -0.1) is 0 Å². The predicted molar refractivity (Wildman–Crippen MR) is 103 cm³/mol. The van der Waals surface area contributed by atoms with Gasteiger partial charge in [-0.1, -0.05) is 35.9 Å². The van der Waals surface area contributed by atoms with E-state index in [1.807, 2.05) is 24.3 Å². The van der Waals surface area contributed by atoms with Gasteiger partial charge in [0.1, 0.15) is 6.17 Å². The molecular weight excluding hydrogens is 353 g/mol. The number of benzene rings is 1. The maximum Gasteiger partial charge on any atom is 0.131 e. The van der Waals surface area contributed by atoms with Crippen LogP contribution in [0.3, 0.4) is 0 Å². The molecule has 2 aromatic heterocycles. The summed E-state index contributed by atoms with van der Waals surface area (Å²) in [5.74, 6) is 0. The summed E-state index contributed by atoms with van der Waals surface area (Å²) in [5, 5.41) is 12.3. The van der Waals surface area contributed by atoms with Gasteiger partial charge in [-0.05, 0) is 18.2 Å². The molecule has 5 nitrogen and oxygen atoms in total. The first-order chi connectivity index (χ1) is 12.6. The van der Waals surface area contributed by atoms with Gasteiger partial charge in [0.05, 0.1) is 40.7 Å². The molecule has 0 saturated carbocycles. The third-order valence-corrected chi connectivity index (χ3v) is 4.46. The van der Waals surface area contributed by atoms with E-state index in [2.05, 4.69) is 20.5 Å². The fraction of sp³-hybridized carbons (Fsp3) is 0.105. The number of hydrogen-bond donors (Lipinski definition) is 2. The van der Waals surface area contributed by atoms with Crippen molar-refractivity contribution in [2.24, 2.45) is 0 Å². The summed E-state index contributed by atoms with van der Waals surface area (Å²) < 4.78 is 14.5. The average molecular weight is 368 g/mol. The standard InChI is InChI=1S/C19H15ClFN5/c20-11-5-6-14(21)13(7-11)18-8-17(12-3-1-2-4-16(12)25-18)26-19-10-24-23-9-15(19)22/h1-5,7-10,14H,6H2,(H2,22,24)(H,23,25,26). The molecule has 0 fully saturated rings. The molecule has 1 aliphatic rings. The molecule has 0 amide bonds. The molecule has 4 rings (SSSR count). The fourth-order valence-corrected chi connectivity index (χ4v) is 3.09. The summed E-state index contributed by atoms with van der Waals surface area (Å²) in [6, 6.07) is 9.43. The number of nitrogen functional groups attached to an aromatic ring is 1. The minimum Gasteiger partial charge on any atom is -0.396 e. The number of rotatable bonds is 3. The van der Waals surface area contributed by atoms with Crippen molar-refractivity contribution >= 4 is 45.1 Å². The zero-order valence-corrected chi connectivity index (χ0v) is 14.4. The van der Waals surface area contributed by atoms with Crippen molar-refractivity contribution < 1.29 is 4.39 Å². The topological polar surface area (TPSA) is 76.7 Å². The number of nitrogens with one attached hydrogen (secondary N) is 1. The van der Waals surface area contributed by atoms with Crippen molar-refractivity contribution in [3.05, 3.63) is 65.6 Å². The summed E-state index contributed by atoms with van der Waals surface area (Å²) in [5.41, 5.74) is 9.54. The van der Waals surface area contributed by atoms with Crippen molar-refractivity contribution in [1.82, 2.24) is 15.2 Å².